The Morgan fingerprint density at radius 3 is 2.56 bits per heavy atom. The third kappa shape index (κ3) is 1.90. The lowest BCUT2D eigenvalue weighted by Crippen LogP contribution is -2.59. The van der Waals surface area contributed by atoms with Crippen LogP contribution in [0.5, 0.6) is 0 Å². The number of nitrogens with zero attached hydrogens (tertiary/aromatic N) is 1. The zero-order chi connectivity index (χ0) is 11.6. The van der Waals surface area contributed by atoms with E-state index in [0.717, 1.165) is 13.1 Å². The molecule has 0 unspecified atom stereocenters. The highest BCUT2D eigenvalue weighted by atomic mass is 16.5. The first-order valence-electron chi connectivity index (χ1n) is 5.63. The van der Waals surface area contributed by atoms with Crippen LogP contribution in [-0.4, -0.2) is 25.7 Å². The summed E-state index contributed by atoms with van der Waals surface area (Å²) in [6.07, 6.45) is 0. The molecule has 0 aliphatic carbocycles. The van der Waals surface area contributed by atoms with Gasteiger partial charge in [-0.2, -0.15) is 0 Å². The molecule has 0 spiro atoms. The third-order valence-electron chi connectivity index (χ3n) is 2.97. The van der Waals surface area contributed by atoms with E-state index in [1.54, 1.807) is 0 Å². The number of anilines is 1. The molecular formula is C13H17NO2. The Labute approximate surface area is 96.0 Å². The molecule has 0 atom stereocenters. The molecule has 0 N–H and O–H groups in total. The highest BCUT2D eigenvalue weighted by Gasteiger charge is 2.46. The summed E-state index contributed by atoms with van der Waals surface area (Å²) in [6.45, 7) is 5.75. The molecule has 16 heavy (non-hydrogen) atoms. The maximum Gasteiger partial charge on any atom is 0.315 e. The number of carbonyl (C=O) groups is 1. The van der Waals surface area contributed by atoms with E-state index in [-0.39, 0.29) is 11.4 Å². The van der Waals surface area contributed by atoms with Gasteiger partial charge in [0.05, 0.1) is 12.0 Å². The molecule has 0 radical (unpaired) electrons. The van der Waals surface area contributed by atoms with Gasteiger partial charge in [-0.25, -0.2) is 0 Å². The van der Waals surface area contributed by atoms with Crippen LogP contribution < -0.4 is 4.90 Å². The van der Waals surface area contributed by atoms with Crippen LogP contribution >= 0.6 is 0 Å². The summed E-state index contributed by atoms with van der Waals surface area (Å²) in [5.74, 6) is -0.0813. The van der Waals surface area contributed by atoms with E-state index in [1.165, 1.54) is 5.69 Å². The zero-order valence-corrected chi connectivity index (χ0v) is 9.77. The Kier molecular flexibility index (Phi) is 2.86. The maximum absolute atomic E-state index is 11.7. The van der Waals surface area contributed by atoms with Gasteiger partial charge in [0.15, 0.2) is 0 Å². The molecule has 1 aromatic rings. The summed E-state index contributed by atoms with van der Waals surface area (Å²) in [5, 5.41) is 0. The Morgan fingerprint density at radius 2 is 2.00 bits per heavy atom. The Balaban J connectivity index is 1.97. The topological polar surface area (TPSA) is 29.5 Å². The first kappa shape index (κ1) is 11.0. The van der Waals surface area contributed by atoms with Crippen LogP contribution in [0.3, 0.4) is 0 Å². The Bertz CT molecular complexity index is 369. The number of hydrogen-bond acceptors (Lipinski definition) is 3. The lowest BCUT2D eigenvalue weighted by atomic mass is 9.81. The van der Waals surface area contributed by atoms with Gasteiger partial charge < -0.3 is 9.64 Å². The zero-order valence-electron chi connectivity index (χ0n) is 9.77. The average Bonchev–Trinajstić information content (AvgIpc) is 2.26. The SMILES string of the molecule is CCOC(=O)C1(C)CN(c2ccccc2)C1. The van der Waals surface area contributed by atoms with Gasteiger partial charge in [-0.1, -0.05) is 18.2 Å². The van der Waals surface area contributed by atoms with E-state index < -0.39 is 0 Å². The predicted molar refractivity (Wildman–Crippen MR) is 63.4 cm³/mol. The summed E-state index contributed by atoms with van der Waals surface area (Å²) < 4.78 is 5.07. The van der Waals surface area contributed by atoms with Crippen LogP contribution in [0.2, 0.25) is 0 Å². The standard InChI is InChI=1S/C13H17NO2/c1-3-16-12(15)13(2)9-14(10-13)11-7-5-4-6-8-11/h4-8H,3,9-10H2,1-2H3. The number of carbonyl (C=O) groups excluding carboxylic acids is 1. The number of ether oxygens (including phenoxy) is 1. The molecule has 1 fully saturated rings. The van der Waals surface area contributed by atoms with Crippen molar-refractivity contribution in [1.29, 1.82) is 0 Å². The molecule has 1 aromatic carbocycles. The molecule has 1 heterocycles. The minimum absolute atomic E-state index is 0.0813. The average molecular weight is 219 g/mol. The van der Waals surface area contributed by atoms with Crippen molar-refractivity contribution in [2.75, 3.05) is 24.6 Å². The summed E-state index contributed by atoms with van der Waals surface area (Å²) in [4.78, 5) is 13.9. The maximum atomic E-state index is 11.7. The van der Waals surface area contributed by atoms with Crippen molar-refractivity contribution >= 4 is 11.7 Å². The lowest BCUT2D eigenvalue weighted by Gasteiger charge is -2.47. The van der Waals surface area contributed by atoms with Crippen molar-refractivity contribution in [3.63, 3.8) is 0 Å². The molecule has 0 saturated carbocycles. The van der Waals surface area contributed by atoms with E-state index in [1.807, 2.05) is 32.0 Å². The van der Waals surface area contributed by atoms with Crippen molar-refractivity contribution in [1.82, 2.24) is 0 Å². The van der Waals surface area contributed by atoms with E-state index >= 15 is 0 Å². The van der Waals surface area contributed by atoms with Gasteiger partial charge in [-0.3, -0.25) is 4.79 Å². The summed E-state index contributed by atoms with van der Waals surface area (Å²) in [6, 6.07) is 10.1. The molecule has 86 valence electrons. The van der Waals surface area contributed by atoms with E-state index in [4.69, 9.17) is 4.74 Å². The molecule has 2 rings (SSSR count). The highest BCUT2D eigenvalue weighted by Crippen LogP contribution is 2.34. The van der Waals surface area contributed by atoms with E-state index in [9.17, 15) is 4.79 Å². The van der Waals surface area contributed by atoms with Crippen molar-refractivity contribution in [3.8, 4) is 0 Å². The Morgan fingerprint density at radius 1 is 1.38 bits per heavy atom. The number of hydrogen-bond donors (Lipinski definition) is 0. The first-order chi connectivity index (χ1) is 7.65. The van der Waals surface area contributed by atoms with Gasteiger partial charge >= 0.3 is 5.97 Å². The molecule has 1 aliphatic heterocycles. The second kappa shape index (κ2) is 4.16. The molecule has 1 aliphatic rings. The minimum Gasteiger partial charge on any atom is -0.465 e. The smallest absolute Gasteiger partial charge is 0.315 e. The second-order valence-corrected chi connectivity index (χ2v) is 4.47. The second-order valence-electron chi connectivity index (χ2n) is 4.47. The molecule has 3 nitrogen and oxygen atoms in total. The van der Waals surface area contributed by atoms with Crippen molar-refractivity contribution in [2.24, 2.45) is 5.41 Å². The largest absolute Gasteiger partial charge is 0.465 e. The van der Waals surface area contributed by atoms with Crippen molar-refractivity contribution < 1.29 is 9.53 Å². The molecule has 0 bridgehead atoms. The fraction of sp³-hybridized carbons (Fsp3) is 0.462. The van der Waals surface area contributed by atoms with E-state index in [0.29, 0.717) is 6.61 Å². The fourth-order valence-electron chi connectivity index (χ4n) is 2.05. The van der Waals surface area contributed by atoms with Crippen LogP contribution in [0.4, 0.5) is 5.69 Å². The summed E-state index contributed by atoms with van der Waals surface area (Å²) >= 11 is 0. The summed E-state index contributed by atoms with van der Waals surface area (Å²) in [5.41, 5.74) is 0.843. The molecule has 3 heteroatoms. The normalized spacial score (nSPS) is 17.8. The quantitative estimate of drug-likeness (QED) is 0.729. The van der Waals surface area contributed by atoms with E-state index in [2.05, 4.69) is 17.0 Å². The predicted octanol–water partition coefficient (Wildman–Crippen LogP) is 2.08. The van der Waals surface area contributed by atoms with Gasteiger partial charge in [0.1, 0.15) is 0 Å². The van der Waals surface area contributed by atoms with Gasteiger partial charge in [-0.15, -0.1) is 0 Å². The Hall–Kier alpha value is -1.51. The minimum atomic E-state index is -0.328. The van der Waals surface area contributed by atoms with Crippen LogP contribution in [0.25, 0.3) is 0 Å². The van der Waals surface area contributed by atoms with Crippen LogP contribution in [0.15, 0.2) is 30.3 Å². The number of para-hydroxylation sites is 1. The van der Waals surface area contributed by atoms with Crippen molar-refractivity contribution in [2.45, 2.75) is 13.8 Å². The van der Waals surface area contributed by atoms with Gasteiger partial charge in [0.2, 0.25) is 0 Å². The third-order valence-corrected chi connectivity index (χ3v) is 2.97. The van der Waals surface area contributed by atoms with Gasteiger partial charge in [-0.05, 0) is 26.0 Å². The molecule has 0 amide bonds. The van der Waals surface area contributed by atoms with Crippen LogP contribution in [0, 0.1) is 5.41 Å². The number of esters is 1. The highest BCUT2D eigenvalue weighted by molar-refractivity contribution is 5.80. The monoisotopic (exact) mass is 219 g/mol. The van der Waals surface area contributed by atoms with Crippen LogP contribution in [0.1, 0.15) is 13.8 Å². The van der Waals surface area contributed by atoms with Crippen molar-refractivity contribution in [3.05, 3.63) is 30.3 Å². The number of rotatable bonds is 3. The number of benzene rings is 1. The van der Waals surface area contributed by atoms with Crippen LogP contribution in [-0.2, 0) is 9.53 Å². The first-order valence-corrected chi connectivity index (χ1v) is 5.63. The summed E-state index contributed by atoms with van der Waals surface area (Å²) in [7, 11) is 0. The molecule has 0 aromatic heterocycles. The van der Waals surface area contributed by atoms with Gasteiger partial charge in [0.25, 0.3) is 0 Å². The fourth-order valence-corrected chi connectivity index (χ4v) is 2.05. The molecule has 1 saturated heterocycles. The molecular weight excluding hydrogens is 202 g/mol. The van der Waals surface area contributed by atoms with Gasteiger partial charge in [0, 0.05) is 18.8 Å². The lowest BCUT2D eigenvalue weighted by molar-refractivity contribution is -0.155.